The van der Waals surface area contributed by atoms with Crippen LogP contribution >= 0.6 is 0 Å². The van der Waals surface area contributed by atoms with Crippen LogP contribution < -0.4 is 10.6 Å². The largest absolute Gasteiger partial charge is 0.370 e. The number of amides is 1. The molecule has 2 aromatic rings. The molecule has 0 bridgehead atoms. The fourth-order valence-corrected chi connectivity index (χ4v) is 2.82. The van der Waals surface area contributed by atoms with Gasteiger partial charge in [0.1, 0.15) is 17.3 Å². The number of aromatic nitrogens is 4. The molecule has 1 aliphatic heterocycles. The third-order valence-electron chi connectivity index (χ3n) is 4.11. The molecule has 0 atom stereocenters. The second kappa shape index (κ2) is 6.98. The highest BCUT2D eigenvalue weighted by Crippen LogP contribution is 2.23. The zero-order valence-electron chi connectivity index (χ0n) is 14.5. The molecule has 0 spiro atoms. The Balaban J connectivity index is 1.70. The van der Waals surface area contributed by atoms with Crippen LogP contribution in [0.2, 0.25) is 0 Å². The average Bonchev–Trinajstić information content (AvgIpc) is 2.97. The SMILES string of the molecule is CC(C)c1nc(NCCCc2cnn(C)c2)c2c(n1)C(=O)NCC2. The summed E-state index contributed by atoms with van der Waals surface area (Å²) in [5, 5.41) is 10.4. The molecule has 24 heavy (non-hydrogen) atoms. The quantitative estimate of drug-likeness (QED) is 0.788. The van der Waals surface area contributed by atoms with Crippen LogP contribution in [-0.2, 0) is 19.9 Å². The lowest BCUT2D eigenvalue weighted by Crippen LogP contribution is -2.34. The highest BCUT2D eigenvalue weighted by atomic mass is 16.1. The molecule has 0 radical (unpaired) electrons. The van der Waals surface area contributed by atoms with Gasteiger partial charge < -0.3 is 10.6 Å². The molecule has 0 saturated carbocycles. The molecule has 1 aliphatic rings. The Morgan fingerprint density at radius 2 is 2.21 bits per heavy atom. The normalized spacial score (nSPS) is 13.8. The number of hydrogen-bond acceptors (Lipinski definition) is 5. The van der Waals surface area contributed by atoms with Crippen LogP contribution in [0.5, 0.6) is 0 Å². The summed E-state index contributed by atoms with van der Waals surface area (Å²) >= 11 is 0. The van der Waals surface area contributed by atoms with Crippen LogP contribution in [0.3, 0.4) is 0 Å². The van der Waals surface area contributed by atoms with Gasteiger partial charge in [-0.15, -0.1) is 0 Å². The van der Waals surface area contributed by atoms with Crippen LogP contribution in [0.1, 0.15) is 53.6 Å². The minimum atomic E-state index is -0.0982. The highest BCUT2D eigenvalue weighted by Gasteiger charge is 2.24. The van der Waals surface area contributed by atoms with E-state index in [0.29, 0.717) is 18.1 Å². The average molecular weight is 328 g/mol. The van der Waals surface area contributed by atoms with E-state index in [9.17, 15) is 4.79 Å². The Morgan fingerprint density at radius 3 is 2.92 bits per heavy atom. The molecule has 0 aromatic carbocycles. The first-order valence-corrected chi connectivity index (χ1v) is 8.45. The Bertz CT molecular complexity index is 737. The van der Waals surface area contributed by atoms with Crippen molar-refractivity contribution in [3.63, 3.8) is 0 Å². The molecule has 0 saturated heterocycles. The van der Waals surface area contributed by atoms with Gasteiger partial charge in [0.15, 0.2) is 0 Å². The zero-order valence-corrected chi connectivity index (χ0v) is 14.5. The number of anilines is 1. The monoisotopic (exact) mass is 328 g/mol. The number of rotatable bonds is 6. The van der Waals surface area contributed by atoms with Gasteiger partial charge in [0.05, 0.1) is 6.20 Å². The molecule has 7 heteroatoms. The van der Waals surface area contributed by atoms with Crippen molar-refractivity contribution in [1.29, 1.82) is 0 Å². The van der Waals surface area contributed by atoms with Crippen molar-refractivity contribution in [2.75, 3.05) is 18.4 Å². The molecule has 3 heterocycles. The van der Waals surface area contributed by atoms with E-state index in [4.69, 9.17) is 0 Å². The van der Waals surface area contributed by atoms with Crippen LogP contribution in [-0.4, -0.2) is 38.7 Å². The van der Waals surface area contributed by atoms with Gasteiger partial charge in [0.2, 0.25) is 0 Å². The predicted molar refractivity (Wildman–Crippen MR) is 92.2 cm³/mol. The van der Waals surface area contributed by atoms with E-state index in [1.807, 2.05) is 38.0 Å². The number of nitrogens with one attached hydrogen (secondary N) is 2. The summed E-state index contributed by atoms with van der Waals surface area (Å²) in [6, 6.07) is 0. The van der Waals surface area contributed by atoms with E-state index in [1.165, 1.54) is 5.56 Å². The van der Waals surface area contributed by atoms with Crippen LogP contribution in [0, 0.1) is 0 Å². The maximum atomic E-state index is 12.1. The Kier molecular flexibility index (Phi) is 4.78. The van der Waals surface area contributed by atoms with E-state index in [1.54, 1.807) is 0 Å². The van der Waals surface area contributed by atoms with Crippen LogP contribution in [0.4, 0.5) is 5.82 Å². The van der Waals surface area contributed by atoms with Crippen molar-refractivity contribution < 1.29 is 4.79 Å². The van der Waals surface area contributed by atoms with E-state index < -0.39 is 0 Å². The second-order valence-corrected chi connectivity index (χ2v) is 6.47. The topological polar surface area (TPSA) is 84.7 Å². The number of carbonyl (C=O) groups is 1. The summed E-state index contributed by atoms with van der Waals surface area (Å²) < 4.78 is 1.82. The van der Waals surface area contributed by atoms with Crippen molar-refractivity contribution in [2.45, 2.75) is 39.0 Å². The number of hydrogen-bond donors (Lipinski definition) is 2. The summed E-state index contributed by atoms with van der Waals surface area (Å²) in [5.74, 6) is 1.60. The van der Waals surface area contributed by atoms with E-state index in [2.05, 4.69) is 25.7 Å². The number of nitrogens with zero attached hydrogens (tertiary/aromatic N) is 4. The number of fused-ring (bicyclic) bond motifs is 1. The molecule has 2 N–H and O–H groups in total. The first-order chi connectivity index (χ1) is 11.5. The first-order valence-electron chi connectivity index (χ1n) is 8.45. The molecular formula is C17H24N6O. The molecule has 0 aliphatic carbocycles. The number of aryl methyl sites for hydroxylation is 2. The molecule has 7 nitrogen and oxygen atoms in total. The summed E-state index contributed by atoms with van der Waals surface area (Å²) in [7, 11) is 1.92. The molecule has 2 aromatic heterocycles. The molecule has 3 rings (SSSR count). The minimum Gasteiger partial charge on any atom is -0.370 e. The van der Waals surface area contributed by atoms with Gasteiger partial charge in [0, 0.05) is 37.8 Å². The summed E-state index contributed by atoms with van der Waals surface area (Å²) in [5.41, 5.74) is 2.69. The van der Waals surface area contributed by atoms with Crippen molar-refractivity contribution >= 4 is 11.7 Å². The van der Waals surface area contributed by atoms with Gasteiger partial charge in [-0.1, -0.05) is 13.8 Å². The first kappa shape index (κ1) is 16.4. The molecule has 0 unspecified atom stereocenters. The van der Waals surface area contributed by atoms with Gasteiger partial charge >= 0.3 is 0 Å². The van der Waals surface area contributed by atoms with E-state index >= 15 is 0 Å². The molecule has 128 valence electrons. The summed E-state index contributed by atoms with van der Waals surface area (Å²) in [4.78, 5) is 21.2. The highest BCUT2D eigenvalue weighted by molar-refractivity contribution is 5.96. The van der Waals surface area contributed by atoms with Crippen LogP contribution in [0.15, 0.2) is 12.4 Å². The van der Waals surface area contributed by atoms with Gasteiger partial charge in [-0.05, 0) is 24.8 Å². The predicted octanol–water partition coefficient (Wildman–Crippen LogP) is 1.66. The standard InChI is InChI=1S/C17H24N6O/c1-11(2)15-21-14-13(6-8-19-17(14)24)16(22-15)18-7-4-5-12-9-20-23(3)10-12/h9-11H,4-8H2,1-3H3,(H,19,24)(H,18,21,22). The van der Waals surface area contributed by atoms with Crippen LogP contribution in [0.25, 0.3) is 0 Å². The lowest BCUT2D eigenvalue weighted by Gasteiger charge is -2.20. The van der Waals surface area contributed by atoms with Gasteiger partial charge in [-0.2, -0.15) is 5.10 Å². The summed E-state index contributed by atoms with van der Waals surface area (Å²) in [6.45, 7) is 5.52. The van der Waals surface area contributed by atoms with Crippen molar-refractivity contribution in [2.24, 2.45) is 7.05 Å². The minimum absolute atomic E-state index is 0.0982. The Morgan fingerprint density at radius 1 is 1.38 bits per heavy atom. The Labute approximate surface area is 141 Å². The van der Waals surface area contributed by atoms with Crippen molar-refractivity contribution in [3.05, 3.63) is 35.0 Å². The van der Waals surface area contributed by atoms with Gasteiger partial charge in [-0.25, -0.2) is 9.97 Å². The molecule has 0 fully saturated rings. The Hall–Kier alpha value is -2.44. The van der Waals surface area contributed by atoms with Crippen molar-refractivity contribution in [1.82, 2.24) is 25.1 Å². The third-order valence-corrected chi connectivity index (χ3v) is 4.11. The zero-order chi connectivity index (χ0) is 17.1. The van der Waals surface area contributed by atoms with Gasteiger partial charge in [-0.3, -0.25) is 9.48 Å². The maximum Gasteiger partial charge on any atom is 0.270 e. The van der Waals surface area contributed by atoms with Crippen molar-refractivity contribution in [3.8, 4) is 0 Å². The molecular weight excluding hydrogens is 304 g/mol. The van der Waals surface area contributed by atoms with E-state index in [-0.39, 0.29) is 11.8 Å². The maximum absolute atomic E-state index is 12.1. The lowest BCUT2D eigenvalue weighted by atomic mass is 10.1. The lowest BCUT2D eigenvalue weighted by molar-refractivity contribution is 0.0940. The van der Waals surface area contributed by atoms with Gasteiger partial charge in [0.25, 0.3) is 5.91 Å². The second-order valence-electron chi connectivity index (χ2n) is 6.47. The van der Waals surface area contributed by atoms with E-state index in [0.717, 1.165) is 37.2 Å². The third kappa shape index (κ3) is 3.55. The fraction of sp³-hybridized carbons (Fsp3) is 0.529. The fourth-order valence-electron chi connectivity index (χ4n) is 2.82. The summed E-state index contributed by atoms with van der Waals surface area (Å²) in [6.07, 6.45) is 6.64. The smallest absolute Gasteiger partial charge is 0.270 e. The molecule has 1 amide bonds. The number of carbonyl (C=O) groups excluding carboxylic acids is 1.